The Bertz CT molecular complexity index is 842. The second-order valence-electron chi connectivity index (χ2n) is 6.23. The van der Waals surface area contributed by atoms with Crippen LogP contribution in [-0.4, -0.2) is 39.3 Å². The first-order valence-electron chi connectivity index (χ1n) is 8.05. The zero-order chi connectivity index (χ0) is 15.8. The van der Waals surface area contributed by atoms with E-state index in [0.29, 0.717) is 6.54 Å². The van der Waals surface area contributed by atoms with Crippen LogP contribution in [0.1, 0.15) is 18.4 Å². The van der Waals surface area contributed by atoms with Gasteiger partial charge < -0.3 is 15.0 Å². The monoisotopic (exact) mass is 308 g/mol. The second kappa shape index (κ2) is 5.66. The molecule has 1 atom stereocenters. The van der Waals surface area contributed by atoms with E-state index in [4.69, 9.17) is 4.98 Å². The van der Waals surface area contributed by atoms with Crippen molar-refractivity contribution in [3.8, 4) is 11.4 Å². The van der Waals surface area contributed by atoms with Crippen molar-refractivity contribution in [3.05, 3.63) is 42.2 Å². The summed E-state index contributed by atoms with van der Waals surface area (Å²) >= 11 is 0. The standard InChI is InChI=1S/C18H20N4O/c1-12-4-5-16-14(9-12)15(10-20-16)18-19-7-6-17(21-18)22-8-2-3-13(23)11-22/h4-7,9-10,13,20,23H,2-3,8,11H2,1H3/t13-/m0/s1. The molecule has 1 saturated heterocycles. The first kappa shape index (κ1) is 14.2. The predicted molar refractivity (Wildman–Crippen MR) is 91.5 cm³/mol. The summed E-state index contributed by atoms with van der Waals surface area (Å²) in [5.74, 6) is 1.61. The topological polar surface area (TPSA) is 65.0 Å². The number of aliphatic hydroxyl groups is 1. The highest BCUT2D eigenvalue weighted by Crippen LogP contribution is 2.28. The van der Waals surface area contributed by atoms with Gasteiger partial charge in [-0.1, -0.05) is 11.6 Å². The number of fused-ring (bicyclic) bond motifs is 1. The van der Waals surface area contributed by atoms with Crippen molar-refractivity contribution in [2.45, 2.75) is 25.9 Å². The molecule has 4 rings (SSSR count). The Morgan fingerprint density at radius 1 is 1.30 bits per heavy atom. The molecule has 0 aliphatic carbocycles. The number of hydrogen-bond acceptors (Lipinski definition) is 4. The van der Waals surface area contributed by atoms with E-state index in [1.165, 1.54) is 5.56 Å². The number of β-amino-alcohol motifs (C(OH)–C–C–N with tert-alkyl or cyclic N) is 1. The van der Waals surface area contributed by atoms with Crippen molar-refractivity contribution >= 4 is 16.7 Å². The number of anilines is 1. The van der Waals surface area contributed by atoms with Crippen molar-refractivity contribution in [1.82, 2.24) is 15.0 Å². The van der Waals surface area contributed by atoms with Crippen LogP contribution in [0.5, 0.6) is 0 Å². The van der Waals surface area contributed by atoms with Crippen molar-refractivity contribution < 1.29 is 5.11 Å². The Balaban J connectivity index is 1.74. The number of piperidine rings is 1. The van der Waals surface area contributed by atoms with E-state index >= 15 is 0 Å². The molecule has 3 aromatic rings. The lowest BCUT2D eigenvalue weighted by atomic mass is 10.1. The zero-order valence-electron chi connectivity index (χ0n) is 13.2. The van der Waals surface area contributed by atoms with Gasteiger partial charge in [-0.2, -0.15) is 0 Å². The van der Waals surface area contributed by atoms with Crippen LogP contribution in [0.2, 0.25) is 0 Å². The Labute approximate surface area is 135 Å². The predicted octanol–water partition coefficient (Wildman–Crippen LogP) is 2.89. The molecule has 0 saturated carbocycles. The van der Waals surface area contributed by atoms with Gasteiger partial charge in [-0.15, -0.1) is 0 Å². The number of nitrogens with zero attached hydrogens (tertiary/aromatic N) is 3. The van der Waals surface area contributed by atoms with E-state index in [1.807, 2.05) is 12.3 Å². The van der Waals surface area contributed by atoms with E-state index in [-0.39, 0.29) is 6.10 Å². The molecule has 118 valence electrons. The molecule has 1 aliphatic heterocycles. The van der Waals surface area contributed by atoms with E-state index in [1.54, 1.807) is 6.20 Å². The first-order valence-corrected chi connectivity index (χ1v) is 8.05. The van der Waals surface area contributed by atoms with Crippen molar-refractivity contribution in [2.24, 2.45) is 0 Å². The number of aromatic amines is 1. The normalized spacial score (nSPS) is 18.5. The lowest BCUT2D eigenvalue weighted by Gasteiger charge is -2.31. The van der Waals surface area contributed by atoms with Crippen LogP contribution in [0.15, 0.2) is 36.7 Å². The van der Waals surface area contributed by atoms with E-state index in [2.05, 4.69) is 40.0 Å². The van der Waals surface area contributed by atoms with Gasteiger partial charge in [0.25, 0.3) is 0 Å². The number of benzene rings is 1. The first-order chi connectivity index (χ1) is 11.2. The summed E-state index contributed by atoms with van der Waals surface area (Å²) in [4.78, 5) is 14.6. The smallest absolute Gasteiger partial charge is 0.163 e. The molecular weight excluding hydrogens is 288 g/mol. The van der Waals surface area contributed by atoms with Crippen molar-refractivity contribution in [3.63, 3.8) is 0 Å². The van der Waals surface area contributed by atoms with Crippen LogP contribution in [0.4, 0.5) is 5.82 Å². The van der Waals surface area contributed by atoms with Crippen molar-refractivity contribution in [1.29, 1.82) is 0 Å². The minimum atomic E-state index is -0.266. The van der Waals surface area contributed by atoms with Crippen LogP contribution < -0.4 is 4.90 Å². The summed E-state index contributed by atoms with van der Waals surface area (Å²) < 4.78 is 0. The average molecular weight is 308 g/mol. The Kier molecular flexibility index (Phi) is 3.50. The summed E-state index contributed by atoms with van der Waals surface area (Å²) in [6.07, 6.45) is 5.36. The molecule has 0 unspecified atom stereocenters. The largest absolute Gasteiger partial charge is 0.391 e. The minimum Gasteiger partial charge on any atom is -0.391 e. The minimum absolute atomic E-state index is 0.266. The molecule has 0 radical (unpaired) electrons. The van der Waals surface area contributed by atoms with Crippen molar-refractivity contribution in [2.75, 3.05) is 18.0 Å². The van der Waals surface area contributed by atoms with Gasteiger partial charge in [0.05, 0.1) is 6.10 Å². The fourth-order valence-corrected chi connectivity index (χ4v) is 3.24. The molecule has 2 aromatic heterocycles. The highest BCUT2D eigenvalue weighted by atomic mass is 16.3. The highest BCUT2D eigenvalue weighted by molar-refractivity contribution is 5.94. The molecule has 23 heavy (non-hydrogen) atoms. The maximum atomic E-state index is 9.88. The number of aryl methyl sites for hydroxylation is 1. The molecule has 1 fully saturated rings. The number of nitrogens with one attached hydrogen (secondary N) is 1. The quantitative estimate of drug-likeness (QED) is 0.764. The summed E-state index contributed by atoms with van der Waals surface area (Å²) in [5, 5.41) is 11.0. The molecule has 1 aliphatic rings. The second-order valence-corrected chi connectivity index (χ2v) is 6.23. The van der Waals surface area contributed by atoms with Crippen LogP contribution >= 0.6 is 0 Å². The highest BCUT2D eigenvalue weighted by Gasteiger charge is 2.19. The maximum absolute atomic E-state index is 9.88. The van der Waals surface area contributed by atoms with Crippen LogP contribution in [0.25, 0.3) is 22.3 Å². The fourth-order valence-electron chi connectivity index (χ4n) is 3.24. The number of aromatic nitrogens is 3. The van der Waals surface area contributed by atoms with E-state index in [9.17, 15) is 5.11 Å². The third kappa shape index (κ3) is 2.68. The number of hydrogen-bond donors (Lipinski definition) is 2. The molecule has 3 heterocycles. The lowest BCUT2D eigenvalue weighted by molar-refractivity contribution is 0.154. The molecule has 0 amide bonds. The van der Waals surface area contributed by atoms with Gasteiger partial charge in [0.2, 0.25) is 0 Å². The number of rotatable bonds is 2. The van der Waals surface area contributed by atoms with Gasteiger partial charge in [-0.05, 0) is 38.0 Å². The summed E-state index contributed by atoms with van der Waals surface area (Å²) in [6, 6.07) is 8.25. The Morgan fingerprint density at radius 2 is 2.22 bits per heavy atom. The van der Waals surface area contributed by atoms with Gasteiger partial charge in [-0.25, -0.2) is 9.97 Å². The summed E-state index contributed by atoms with van der Waals surface area (Å²) in [6.45, 7) is 3.66. The Morgan fingerprint density at radius 3 is 3.09 bits per heavy atom. The van der Waals surface area contributed by atoms with Crippen LogP contribution in [0, 0.1) is 6.92 Å². The Hall–Kier alpha value is -2.40. The molecular formula is C18H20N4O. The molecule has 5 heteroatoms. The molecule has 0 bridgehead atoms. The summed E-state index contributed by atoms with van der Waals surface area (Å²) in [7, 11) is 0. The molecule has 1 aromatic carbocycles. The van der Waals surface area contributed by atoms with Crippen LogP contribution in [-0.2, 0) is 0 Å². The van der Waals surface area contributed by atoms with Gasteiger partial charge >= 0.3 is 0 Å². The van der Waals surface area contributed by atoms with Gasteiger partial charge in [-0.3, -0.25) is 0 Å². The summed E-state index contributed by atoms with van der Waals surface area (Å²) in [5.41, 5.74) is 3.32. The SMILES string of the molecule is Cc1ccc2[nH]cc(-c3nccc(N4CCC[C@H](O)C4)n3)c2c1. The molecule has 2 N–H and O–H groups in total. The third-order valence-electron chi connectivity index (χ3n) is 4.44. The lowest BCUT2D eigenvalue weighted by Crippen LogP contribution is -2.38. The van der Waals surface area contributed by atoms with Gasteiger partial charge in [0.1, 0.15) is 5.82 Å². The molecule has 0 spiro atoms. The fraction of sp³-hybridized carbons (Fsp3) is 0.333. The number of H-pyrrole nitrogens is 1. The van der Waals surface area contributed by atoms with E-state index < -0.39 is 0 Å². The van der Waals surface area contributed by atoms with E-state index in [0.717, 1.165) is 47.5 Å². The average Bonchev–Trinajstić information content (AvgIpc) is 2.98. The zero-order valence-corrected chi connectivity index (χ0v) is 13.2. The van der Waals surface area contributed by atoms with Gasteiger partial charge in [0, 0.05) is 41.9 Å². The molecule has 5 nitrogen and oxygen atoms in total. The number of aliphatic hydroxyl groups excluding tert-OH is 1. The van der Waals surface area contributed by atoms with Gasteiger partial charge in [0.15, 0.2) is 5.82 Å². The van der Waals surface area contributed by atoms with Crippen LogP contribution in [0.3, 0.4) is 0 Å². The maximum Gasteiger partial charge on any atom is 0.163 e. The third-order valence-corrected chi connectivity index (χ3v) is 4.44.